The first-order valence-corrected chi connectivity index (χ1v) is 5.98. The third-order valence-corrected chi connectivity index (χ3v) is 2.97. The zero-order valence-corrected chi connectivity index (χ0v) is 10.8. The molecular formula is C13H18F3NO2. The maximum Gasteiger partial charge on any atom is 0.573 e. The minimum Gasteiger partial charge on any atom is -0.406 e. The van der Waals surface area contributed by atoms with Gasteiger partial charge < -0.3 is 15.6 Å². The van der Waals surface area contributed by atoms with Gasteiger partial charge in [-0.25, -0.2) is 0 Å². The van der Waals surface area contributed by atoms with Gasteiger partial charge in [0.25, 0.3) is 0 Å². The van der Waals surface area contributed by atoms with Gasteiger partial charge in [0.15, 0.2) is 0 Å². The molecule has 1 aromatic rings. The lowest BCUT2D eigenvalue weighted by molar-refractivity contribution is -0.274. The monoisotopic (exact) mass is 277 g/mol. The largest absolute Gasteiger partial charge is 0.573 e. The van der Waals surface area contributed by atoms with E-state index in [1.165, 1.54) is 18.2 Å². The third-order valence-electron chi connectivity index (χ3n) is 2.97. The van der Waals surface area contributed by atoms with E-state index in [2.05, 4.69) is 4.74 Å². The minimum atomic E-state index is -4.74. The summed E-state index contributed by atoms with van der Waals surface area (Å²) >= 11 is 0. The summed E-state index contributed by atoms with van der Waals surface area (Å²) in [7, 11) is 0. The summed E-state index contributed by atoms with van der Waals surface area (Å²) in [6.45, 7) is 4.05. The number of ether oxygens (including phenoxy) is 1. The fraction of sp³-hybridized carbons (Fsp3) is 0.538. The molecule has 19 heavy (non-hydrogen) atoms. The Morgan fingerprint density at radius 2 is 1.95 bits per heavy atom. The number of nitrogens with two attached hydrogens (primary N) is 1. The van der Waals surface area contributed by atoms with Crippen molar-refractivity contribution in [3.63, 3.8) is 0 Å². The average Bonchev–Trinajstić information content (AvgIpc) is 2.27. The molecule has 0 fully saturated rings. The van der Waals surface area contributed by atoms with E-state index < -0.39 is 12.5 Å². The molecule has 0 heterocycles. The Kier molecular flexibility index (Phi) is 5.20. The quantitative estimate of drug-likeness (QED) is 0.870. The van der Waals surface area contributed by atoms with Crippen molar-refractivity contribution < 1.29 is 23.0 Å². The topological polar surface area (TPSA) is 55.5 Å². The van der Waals surface area contributed by atoms with E-state index in [0.717, 1.165) is 0 Å². The summed E-state index contributed by atoms with van der Waals surface area (Å²) in [5.41, 5.74) is 5.95. The van der Waals surface area contributed by atoms with Crippen molar-refractivity contribution in [2.45, 2.75) is 26.3 Å². The van der Waals surface area contributed by atoms with E-state index in [0.29, 0.717) is 5.56 Å². The maximum absolute atomic E-state index is 12.1. The molecule has 0 radical (unpaired) electrons. The van der Waals surface area contributed by atoms with Gasteiger partial charge in [0, 0.05) is 5.92 Å². The second-order valence-electron chi connectivity index (χ2n) is 4.71. The number of benzene rings is 1. The molecule has 2 atom stereocenters. The van der Waals surface area contributed by atoms with Gasteiger partial charge in [-0.3, -0.25) is 0 Å². The van der Waals surface area contributed by atoms with E-state index in [1.54, 1.807) is 6.07 Å². The molecule has 0 saturated heterocycles. The third kappa shape index (κ3) is 4.72. The number of halogens is 3. The Labute approximate surface area is 110 Å². The van der Waals surface area contributed by atoms with Crippen molar-refractivity contribution in [3.05, 3.63) is 29.8 Å². The number of rotatable bonds is 5. The Morgan fingerprint density at radius 1 is 1.32 bits per heavy atom. The maximum atomic E-state index is 12.1. The molecule has 0 aliphatic heterocycles. The van der Waals surface area contributed by atoms with Crippen LogP contribution in [0.1, 0.15) is 25.5 Å². The van der Waals surface area contributed by atoms with Gasteiger partial charge in [0.05, 0.1) is 6.10 Å². The zero-order chi connectivity index (χ0) is 14.6. The van der Waals surface area contributed by atoms with Crippen LogP contribution < -0.4 is 10.5 Å². The van der Waals surface area contributed by atoms with Crippen LogP contribution in [0.5, 0.6) is 5.75 Å². The van der Waals surface area contributed by atoms with Crippen molar-refractivity contribution in [1.82, 2.24) is 0 Å². The second kappa shape index (κ2) is 6.25. The molecular weight excluding hydrogens is 259 g/mol. The van der Waals surface area contributed by atoms with Crippen LogP contribution in [0.25, 0.3) is 0 Å². The van der Waals surface area contributed by atoms with Gasteiger partial charge in [-0.1, -0.05) is 26.0 Å². The molecule has 0 saturated carbocycles. The average molecular weight is 277 g/mol. The van der Waals surface area contributed by atoms with Crippen LogP contribution in [-0.4, -0.2) is 18.0 Å². The molecule has 0 aliphatic carbocycles. The van der Waals surface area contributed by atoms with Crippen LogP contribution in [0.15, 0.2) is 24.3 Å². The van der Waals surface area contributed by atoms with E-state index in [9.17, 15) is 18.3 Å². The summed E-state index contributed by atoms with van der Waals surface area (Å²) in [5, 5.41) is 10.2. The highest BCUT2D eigenvalue weighted by Gasteiger charge is 2.31. The van der Waals surface area contributed by atoms with Gasteiger partial charge in [0.1, 0.15) is 5.75 Å². The zero-order valence-electron chi connectivity index (χ0n) is 10.8. The van der Waals surface area contributed by atoms with Crippen LogP contribution in [0, 0.1) is 11.8 Å². The lowest BCUT2D eigenvalue weighted by atomic mass is 9.86. The Balaban J connectivity index is 2.92. The summed E-state index contributed by atoms with van der Waals surface area (Å²) in [6, 6.07) is 5.34. The minimum absolute atomic E-state index is 0.118. The fourth-order valence-corrected chi connectivity index (χ4v) is 1.91. The normalized spacial score (nSPS) is 15.4. The molecule has 6 heteroatoms. The first kappa shape index (κ1) is 15.8. The molecule has 1 rings (SSSR count). The fourth-order valence-electron chi connectivity index (χ4n) is 1.91. The van der Waals surface area contributed by atoms with Crippen LogP contribution in [-0.2, 0) is 0 Å². The summed E-state index contributed by atoms with van der Waals surface area (Å²) in [4.78, 5) is 0. The molecule has 1 aromatic carbocycles. The van der Waals surface area contributed by atoms with Gasteiger partial charge in [-0.05, 0) is 30.2 Å². The lowest BCUT2D eigenvalue weighted by Crippen LogP contribution is -2.26. The Hall–Kier alpha value is -1.27. The predicted molar refractivity (Wildman–Crippen MR) is 65.5 cm³/mol. The predicted octanol–water partition coefficient (Wildman–Crippen LogP) is 2.85. The number of hydrogen-bond donors (Lipinski definition) is 2. The van der Waals surface area contributed by atoms with Crippen molar-refractivity contribution in [3.8, 4) is 5.75 Å². The van der Waals surface area contributed by atoms with Crippen LogP contribution in [0.4, 0.5) is 13.2 Å². The number of aliphatic hydroxyl groups is 1. The van der Waals surface area contributed by atoms with Crippen molar-refractivity contribution >= 4 is 0 Å². The number of aliphatic hydroxyl groups excluding tert-OH is 1. The van der Waals surface area contributed by atoms with Crippen molar-refractivity contribution in [1.29, 1.82) is 0 Å². The van der Waals surface area contributed by atoms with Crippen LogP contribution in [0.2, 0.25) is 0 Å². The van der Waals surface area contributed by atoms with Gasteiger partial charge in [-0.15, -0.1) is 13.2 Å². The van der Waals surface area contributed by atoms with Crippen LogP contribution in [0.3, 0.4) is 0 Å². The molecule has 108 valence electrons. The summed E-state index contributed by atoms with van der Waals surface area (Å²) < 4.78 is 40.2. The molecule has 3 nitrogen and oxygen atoms in total. The molecule has 2 unspecified atom stereocenters. The molecule has 3 N–H and O–H groups in total. The first-order chi connectivity index (χ1) is 8.74. The number of alkyl halides is 3. The van der Waals surface area contributed by atoms with Crippen molar-refractivity contribution in [2.75, 3.05) is 6.54 Å². The van der Waals surface area contributed by atoms with E-state index in [4.69, 9.17) is 5.73 Å². The van der Waals surface area contributed by atoms with Gasteiger partial charge in [-0.2, -0.15) is 0 Å². The first-order valence-electron chi connectivity index (χ1n) is 5.98. The SMILES string of the molecule is CC(C)C(CN)C(O)c1cccc(OC(F)(F)F)c1. The standard InChI is InChI=1S/C13H18F3NO2/c1-8(2)11(7-17)12(18)9-4-3-5-10(6-9)19-13(14,15)16/h3-6,8,11-12,18H,7,17H2,1-2H3. The lowest BCUT2D eigenvalue weighted by Gasteiger charge is -2.25. The molecule has 0 bridgehead atoms. The highest BCUT2D eigenvalue weighted by atomic mass is 19.4. The Morgan fingerprint density at radius 3 is 2.42 bits per heavy atom. The van der Waals surface area contributed by atoms with E-state index >= 15 is 0 Å². The molecule has 0 amide bonds. The highest BCUT2D eigenvalue weighted by molar-refractivity contribution is 5.30. The molecule has 0 aromatic heterocycles. The van der Waals surface area contributed by atoms with Crippen LogP contribution >= 0.6 is 0 Å². The van der Waals surface area contributed by atoms with Crippen molar-refractivity contribution in [2.24, 2.45) is 17.6 Å². The second-order valence-corrected chi connectivity index (χ2v) is 4.71. The van der Waals surface area contributed by atoms with E-state index in [-0.39, 0.29) is 24.1 Å². The van der Waals surface area contributed by atoms with E-state index in [1.807, 2.05) is 13.8 Å². The van der Waals surface area contributed by atoms with Gasteiger partial charge >= 0.3 is 6.36 Å². The van der Waals surface area contributed by atoms with Gasteiger partial charge in [0.2, 0.25) is 0 Å². The Bertz CT molecular complexity index is 407. The summed E-state index contributed by atoms with van der Waals surface area (Å²) in [5.74, 6) is -0.447. The molecule has 0 spiro atoms. The summed E-state index contributed by atoms with van der Waals surface area (Å²) in [6.07, 6.45) is -5.66. The smallest absolute Gasteiger partial charge is 0.406 e. The highest BCUT2D eigenvalue weighted by Crippen LogP contribution is 2.30. The number of hydrogen-bond acceptors (Lipinski definition) is 3. The molecule has 0 aliphatic rings.